The molecule has 0 radical (unpaired) electrons. The number of carboxylic acid groups (broad SMARTS) is 1. The first-order valence-corrected chi connectivity index (χ1v) is 5.42. The molecule has 1 aromatic heterocycles. The summed E-state index contributed by atoms with van der Waals surface area (Å²) < 4.78 is 0. The molecule has 0 aliphatic heterocycles. The summed E-state index contributed by atoms with van der Waals surface area (Å²) in [6, 6.07) is 9.91. The third kappa shape index (κ3) is 2.50. The molecule has 2 aromatic rings. The van der Waals surface area contributed by atoms with Crippen LogP contribution in [0.1, 0.15) is 15.9 Å². The minimum absolute atomic E-state index is 0.205. The molecule has 0 bridgehead atoms. The Bertz CT molecular complexity index is 646. The fraction of sp³-hybridized carbons (Fsp3) is 0.0769. The second kappa shape index (κ2) is 5.14. The Morgan fingerprint density at radius 2 is 2.00 bits per heavy atom. The van der Waals surface area contributed by atoms with Gasteiger partial charge in [0, 0.05) is 12.7 Å². The maximum atomic E-state index is 10.8. The molecular weight excluding hydrogens is 244 g/mol. The lowest BCUT2D eigenvalue weighted by molar-refractivity contribution is 0.0697. The number of benzene rings is 1. The van der Waals surface area contributed by atoms with E-state index in [0.717, 1.165) is 5.69 Å². The molecule has 0 aliphatic rings. The van der Waals surface area contributed by atoms with Crippen molar-refractivity contribution in [3.63, 3.8) is 0 Å². The molecular formula is C13H10N4O2. The number of rotatable bonds is 3. The Kier molecular flexibility index (Phi) is 3.39. The second-order valence-electron chi connectivity index (χ2n) is 3.79. The highest BCUT2D eigenvalue weighted by molar-refractivity contribution is 5.88. The fourth-order valence-corrected chi connectivity index (χ4v) is 1.61. The molecule has 0 atom stereocenters. The summed E-state index contributed by atoms with van der Waals surface area (Å²) in [5, 5.41) is 25.5. The summed E-state index contributed by atoms with van der Waals surface area (Å²) in [4.78, 5) is 12.5. The standard InChI is InChI=1S/C13H10N4O2/c1-17(12-10(8-14)6-7-15-16-12)11-4-2-9(3-5-11)13(18)19/h2-7H,1H3,(H,18,19). The first-order valence-electron chi connectivity index (χ1n) is 5.42. The average Bonchev–Trinajstić information content (AvgIpc) is 2.46. The number of carbonyl (C=O) groups is 1. The first-order chi connectivity index (χ1) is 9.13. The maximum Gasteiger partial charge on any atom is 0.335 e. The predicted molar refractivity (Wildman–Crippen MR) is 68.2 cm³/mol. The molecule has 0 fully saturated rings. The first kappa shape index (κ1) is 12.5. The quantitative estimate of drug-likeness (QED) is 0.898. The van der Waals surface area contributed by atoms with E-state index in [0.29, 0.717) is 11.4 Å². The van der Waals surface area contributed by atoms with E-state index in [1.807, 2.05) is 6.07 Å². The highest BCUT2D eigenvalue weighted by Crippen LogP contribution is 2.23. The summed E-state index contributed by atoms with van der Waals surface area (Å²) in [5.41, 5.74) is 1.33. The molecule has 2 rings (SSSR count). The largest absolute Gasteiger partial charge is 0.478 e. The van der Waals surface area contributed by atoms with E-state index < -0.39 is 5.97 Å². The van der Waals surface area contributed by atoms with Gasteiger partial charge in [0.15, 0.2) is 5.82 Å². The minimum atomic E-state index is -0.980. The third-order valence-electron chi connectivity index (χ3n) is 2.64. The number of anilines is 2. The Morgan fingerprint density at radius 1 is 1.32 bits per heavy atom. The minimum Gasteiger partial charge on any atom is -0.478 e. The monoisotopic (exact) mass is 254 g/mol. The van der Waals surface area contributed by atoms with Crippen molar-refractivity contribution in [2.24, 2.45) is 0 Å². The van der Waals surface area contributed by atoms with Gasteiger partial charge in [-0.1, -0.05) is 0 Å². The van der Waals surface area contributed by atoms with Crippen LogP contribution in [0.25, 0.3) is 0 Å². The lowest BCUT2D eigenvalue weighted by atomic mass is 10.2. The Morgan fingerprint density at radius 3 is 2.58 bits per heavy atom. The van der Waals surface area contributed by atoms with E-state index >= 15 is 0 Å². The van der Waals surface area contributed by atoms with Gasteiger partial charge in [-0.25, -0.2) is 4.79 Å². The van der Waals surface area contributed by atoms with Gasteiger partial charge in [0.2, 0.25) is 0 Å². The Hall–Kier alpha value is -2.94. The molecule has 0 amide bonds. The van der Waals surface area contributed by atoms with E-state index in [1.54, 1.807) is 30.1 Å². The summed E-state index contributed by atoms with van der Waals surface area (Å²) in [5.74, 6) is -0.556. The van der Waals surface area contributed by atoms with Crippen LogP contribution in [-0.2, 0) is 0 Å². The van der Waals surface area contributed by atoms with Gasteiger partial charge in [-0.05, 0) is 30.3 Å². The molecule has 6 nitrogen and oxygen atoms in total. The van der Waals surface area contributed by atoms with Crippen LogP contribution >= 0.6 is 0 Å². The molecule has 1 N–H and O–H groups in total. The fourth-order valence-electron chi connectivity index (χ4n) is 1.61. The van der Waals surface area contributed by atoms with Crippen LogP contribution in [0.2, 0.25) is 0 Å². The van der Waals surface area contributed by atoms with Crippen molar-refractivity contribution >= 4 is 17.5 Å². The van der Waals surface area contributed by atoms with E-state index in [1.165, 1.54) is 18.3 Å². The van der Waals surface area contributed by atoms with Crippen LogP contribution in [0.15, 0.2) is 36.5 Å². The van der Waals surface area contributed by atoms with Crippen LogP contribution in [-0.4, -0.2) is 28.3 Å². The van der Waals surface area contributed by atoms with Crippen LogP contribution in [0, 0.1) is 11.3 Å². The van der Waals surface area contributed by atoms with Crippen LogP contribution < -0.4 is 4.90 Å². The highest BCUT2D eigenvalue weighted by atomic mass is 16.4. The smallest absolute Gasteiger partial charge is 0.335 e. The molecule has 1 heterocycles. The summed E-state index contributed by atoms with van der Waals surface area (Å²) >= 11 is 0. The van der Waals surface area contributed by atoms with Crippen LogP contribution in [0.3, 0.4) is 0 Å². The number of aromatic nitrogens is 2. The number of nitriles is 1. The van der Waals surface area contributed by atoms with Gasteiger partial charge in [0.1, 0.15) is 6.07 Å². The predicted octanol–water partition coefficient (Wildman–Crippen LogP) is 1.81. The van der Waals surface area contributed by atoms with Gasteiger partial charge < -0.3 is 10.0 Å². The number of aromatic carboxylic acids is 1. The van der Waals surface area contributed by atoms with Gasteiger partial charge >= 0.3 is 5.97 Å². The van der Waals surface area contributed by atoms with Crippen molar-refractivity contribution < 1.29 is 9.90 Å². The van der Waals surface area contributed by atoms with Crippen molar-refractivity contribution in [3.05, 3.63) is 47.7 Å². The highest BCUT2D eigenvalue weighted by Gasteiger charge is 2.11. The van der Waals surface area contributed by atoms with E-state index in [4.69, 9.17) is 10.4 Å². The molecule has 0 saturated heterocycles. The van der Waals surface area contributed by atoms with E-state index in [9.17, 15) is 4.79 Å². The average molecular weight is 254 g/mol. The third-order valence-corrected chi connectivity index (χ3v) is 2.64. The molecule has 0 saturated carbocycles. The molecule has 0 unspecified atom stereocenters. The molecule has 0 aliphatic carbocycles. The van der Waals surface area contributed by atoms with Crippen LogP contribution in [0.4, 0.5) is 11.5 Å². The second-order valence-corrected chi connectivity index (χ2v) is 3.79. The summed E-state index contributed by atoms with van der Waals surface area (Å²) in [6.45, 7) is 0. The zero-order chi connectivity index (χ0) is 13.8. The summed E-state index contributed by atoms with van der Waals surface area (Å²) in [7, 11) is 1.74. The van der Waals surface area contributed by atoms with E-state index in [-0.39, 0.29) is 5.56 Å². The van der Waals surface area contributed by atoms with E-state index in [2.05, 4.69) is 10.2 Å². The molecule has 0 spiro atoms. The van der Waals surface area contributed by atoms with Crippen molar-refractivity contribution in [2.75, 3.05) is 11.9 Å². The number of hydrogen-bond donors (Lipinski definition) is 1. The molecule has 19 heavy (non-hydrogen) atoms. The van der Waals surface area contributed by atoms with Crippen LogP contribution in [0.5, 0.6) is 0 Å². The zero-order valence-electron chi connectivity index (χ0n) is 10.1. The number of nitrogens with zero attached hydrogens (tertiary/aromatic N) is 4. The lowest BCUT2D eigenvalue weighted by Gasteiger charge is -2.18. The normalized spacial score (nSPS) is 9.68. The van der Waals surface area contributed by atoms with Crippen molar-refractivity contribution in [1.82, 2.24) is 10.2 Å². The SMILES string of the molecule is CN(c1ccc(C(=O)O)cc1)c1nnccc1C#N. The van der Waals surface area contributed by atoms with Crippen molar-refractivity contribution in [1.29, 1.82) is 5.26 Å². The number of carboxylic acids is 1. The van der Waals surface area contributed by atoms with Gasteiger partial charge in [-0.2, -0.15) is 10.4 Å². The van der Waals surface area contributed by atoms with Crippen molar-refractivity contribution in [3.8, 4) is 6.07 Å². The Balaban J connectivity index is 2.36. The molecule has 6 heteroatoms. The molecule has 1 aromatic carbocycles. The summed E-state index contributed by atoms with van der Waals surface area (Å²) in [6.07, 6.45) is 1.45. The van der Waals surface area contributed by atoms with Gasteiger partial charge in [0.05, 0.1) is 17.3 Å². The Labute approximate surface area is 109 Å². The van der Waals surface area contributed by atoms with Gasteiger partial charge in [0.25, 0.3) is 0 Å². The van der Waals surface area contributed by atoms with Crippen molar-refractivity contribution in [2.45, 2.75) is 0 Å². The molecule has 94 valence electrons. The number of hydrogen-bond acceptors (Lipinski definition) is 5. The van der Waals surface area contributed by atoms with Gasteiger partial charge in [-0.15, -0.1) is 5.10 Å². The maximum absolute atomic E-state index is 10.8. The lowest BCUT2D eigenvalue weighted by Crippen LogP contribution is -2.13. The topological polar surface area (TPSA) is 90.1 Å². The zero-order valence-corrected chi connectivity index (χ0v) is 10.1. The van der Waals surface area contributed by atoms with Gasteiger partial charge in [-0.3, -0.25) is 0 Å².